The van der Waals surface area contributed by atoms with E-state index in [-0.39, 0.29) is 5.95 Å². The fourth-order valence-corrected chi connectivity index (χ4v) is 2.06. The molecular formula is C12H19N5O2. The van der Waals surface area contributed by atoms with E-state index in [2.05, 4.69) is 20.0 Å². The molecule has 7 heteroatoms. The van der Waals surface area contributed by atoms with Gasteiger partial charge in [-0.05, 0) is 19.8 Å². The predicted octanol–water partition coefficient (Wildman–Crippen LogP) is 1.04. The molecule has 1 aliphatic heterocycles. The summed E-state index contributed by atoms with van der Waals surface area (Å²) in [5.74, 6) is 1.37. The van der Waals surface area contributed by atoms with Crippen molar-refractivity contribution in [1.82, 2.24) is 9.97 Å². The summed E-state index contributed by atoms with van der Waals surface area (Å²) in [5.41, 5.74) is 6.42. The standard InChI is InChI=1S/C12H19N5O2/c1-3-19-14-8-9-10(17-6-4-5-7-17)15-12(13)16-11(9)18-2/h8H,3-7H2,1-2H3,(H2,13,15,16)/b14-8+. The first-order chi connectivity index (χ1) is 9.26. The molecule has 0 atom stereocenters. The molecule has 1 aromatic rings. The molecule has 0 amide bonds. The maximum absolute atomic E-state index is 5.72. The van der Waals surface area contributed by atoms with Gasteiger partial charge in [-0.1, -0.05) is 5.16 Å². The lowest BCUT2D eigenvalue weighted by atomic mass is 10.3. The second kappa shape index (κ2) is 6.21. The highest BCUT2D eigenvalue weighted by molar-refractivity contribution is 5.89. The Labute approximate surface area is 112 Å². The van der Waals surface area contributed by atoms with E-state index in [1.165, 1.54) is 0 Å². The van der Waals surface area contributed by atoms with Crippen LogP contribution in [-0.4, -0.2) is 43.0 Å². The van der Waals surface area contributed by atoms with Gasteiger partial charge in [-0.15, -0.1) is 0 Å². The van der Waals surface area contributed by atoms with E-state index < -0.39 is 0 Å². The van der Waals surface area contributed by atoms with E-state index in [4.69, 9.17) is 15.3 Å². The second-order valence-electron chi connectivity index (χ2n) is 4.17. The van der Waals surface area contributed by atoms with Crippen molar-refractivity contribution < 1.29 is 9.57 Å². The Morgan fingerprint density at radius 2 is 2.11 bits per heavy atom. The predicted molar refractivity (Wildman–Crippen MR) is 73.7 cm³/mol. The molecule has 2 N–H and O–H groups in total. The van der Waals surface area contributed by atoms with Crippen LogP contribution in [0.1, 0.15) is 25.3 Å². The highest BCUT2D eigenvalue weighted by Crippen LogP contribution is 2.27. The van der Waals surface area contributed by atoms with Crippen molar-refractivity contribution in [2.75, 3.05) is 37.4 Å². The van der Waals surface area contributed by atoms with Crippen LogP contribution in [0.2, 0.25) is 0 Å². The van der Waals surface area contributed by atoms with Crippen LogP contribution in [0.25, 0.3) is 0 Å². The Morgan fingerprint density at radius 3 is 2.74 bits per heavy atom. The van der Waals surface area contributed by atoms with E-state index in [0.29, 0.717) is 18.1 Å². The summed E-state index contributed by atoms with van der Waals surface area (Å²) in [4.78, 5) is 15.5. The van der Waals surface area contributed by atoms with Gasteiger partial charge in [0, 0.05) is 13.1 Å². The minimum absolute atomic E-state index is 0.201. The number of nitrogens with two attached hydrogens (primary N) is 1. The Balaban J connectivity index is 2.39. The lowest BCUT2D eigenvalue weighted by molar-refractivity contribution is 0.160. The number of rotatable bonds is 5. The van der Waals surface area contributed by atoms with E-state index >= 15 is 0 Å². The van der Waals surface area contributed by atoms with Crippen molar-refractivity contribution in [3.63, 3.8) is 0 Å². The Kier molecular flexibility index (Phi) is 4.38. The van der Waals surface area contributed by atoms with Crippen molar-refractivity contribution >= 4 is 18.0 Å². The summed E-state index contributed by atoms with van der Waals surface area (Å²) in [6.07, 6.45) is 3.87. The monoisotopic (exact) mass is 265 g/mol. The summed E-state index contributed by atoms with van der Waals surface area (Å²) in [7, 11) is 1.55. The van der Waals surface area contributed by atoms with Gasteiger partial charge in [-0.3, -0.25) is 0 Å². The third-order valence-corrected chi connectivity index (χ3v) is 2.89. The first-order valence-corrected chi connectivity index (χ1v) is 6.38. The maximum atomic E-state index is 5.72. The highest BCUT2D eigenvalue weighted by atomic mass is 16.6. The minimum atomic E-state index is 0.201. The summed E-state index contributed by atoms with van der Waals surface area (Å²) >= 11 is 0. The largest absolute Gasteiger partial charge is 0.480 e. The lowest BCUT2D eigenvalue weighted by Gasteiger charge is -2.19. The van der Waals surface area contributed by atoms with Gasteiger partial charge in [0.2, 0.25) is 11.8 Å². The number of nitrogen functional groups attached to an aromatic ring is 1. The molecule has 0 aromatic carbocycles. The van der Waals surface area contributed by atoms with E-state index in [9.17, 15) is 0 Å². The number of hydrogen-bond donors (Lipinski definition) is 1. The average Bonchev–Trinajstić information content (AvgIpc) is 2.93. The van der Waals surface area contributed by atoms with Crippen LogP contribution in [0, 0.1) is 0 Å². The van der Waals surface area contributed by atoms with Crippen molar-refractivity contribution in [3.05, 3.63) is 5.56 Å². The van der Waals surface area contributed by atoms with Crippen molar-refractivity contribution in [2.45, 2.75) is 19.8 Å². The zero-order valence-electron chi connectivity index (χ0n) is 11.3. The number of oxime groups is 1. The first-order valence-electron chi connectivity index (χ1n) is 6.38. The lowest BCUT2D eigenvalue weighted by Crippen LogP contribution is -2.22. The highest BCUT2D eigenvalue weighted by Gasteiger charge is 2.21. The van der Waals surface area contributed by atoms with Crippen LogP contribution >= 0.6 is 0 Å². The molecule has 19 heavy (non-hydrogen) atoms. The van der Waals surface area contributed by atoms with Gasteiger partial charge in [0.1, 0.15) is 18.0 Å². The molecule has 1 aromatic heterocycles. The molecule has 104 valence electrons. The van der Waals surface area contributed by atoms with Gasteiger partial charge in [0.05, 0.1) is 13.3 Å². The van der Waals surface area contributed by atoms with Gasteiger partial charge >= 0.3 is 0 Å². The Hall–Kier alpha value is -2.05. The number of anilines is 2. The molecule has 0 spiro atoms. The van der Waals surface area contributed by atoms with Crippen LogP contribution in [0.5, 0.6) is 5.88 Å². The van der Waals surface area contributed by atoms with Crippen LogP contribution < -0.4 is 15.4 Å². The quantitative estimate of drug-likeness (QED) is 0.632. The zero-order chi connectivity index (χ0) is 13.7. The molecule has 0 bridgehead atoms. The molecule has 2 rings (SSSR count). The first kappa shape index (κ1) is 13.4. The molecule has 7 nitrogen and oxygen atoms in total. The summed E-state index contributed by atoms with van der Waals surface area (Å²) in [5, 5.41) is 3.88. The third-order valence-electron chi connectivity index (χ3n) is 2.89. The topological polar surface area (TPSA) is 85.9 Å². The Bertz CT molecular complexity index is 458. The molecular weight excluding hydrogens is 246 g/mol. The van der Waals surface area contributed by atoms with E-state index in [1.807, 2.05) is 6.92 Å². The molecule has 0 saturated carbocycles. The van der Waals surface area contributed by atoms with Crippen molar-refractivity contribution in [1.29, 1.82) is 0 Å². The third kappa shape index (κ3) is 3.04. The smallest absolute Gasteiger partial charge is 0.229 e. The van der Waals surface area contributed by atoms with Gasteiger partial charge in [0.15, 0.2) is 0 Å². The summed E-state index contributed by atoms with van der Waals surface area (Å²) in [6, 6.07) is 0. The molecule has 1 fully saturated rings. The molecule has 0 radical (unpaired) electrons. The van der Waals surface area contributed by atoms with Gasteiger partial charge in [-0.25, -0.2) is 0 Å². The summed E-state index contributed by atoms with van der Waals surface area (Å²) in [6.45, 7) is 4.29. The normalized spacial score (nSPS) is 15.2. The van der Waals surface area contributed by atoms with Crippen LogP contribution in [-0.2, 0) is 4.84 Å². The van der Waals surface area contributed by atoms with Gasteiger partial charge in [0.25, 0.3) is 0 Å². The van der Waals surface area contributed by atoms with Gasteiger partial charge < -0.3 is 20.2 Å². The van der Waals surface area contributed by atoms with Crippen molar-refractivity contribution in [2.24, 2.45) is 5.16 Å². The van der Waals surface area contributed by atoms with Crippen molar-refractivity contribution in [3.8, 4) is 5.88 Å². The Morgan fingerprint density at radius 1 is 1.37 bits per heavy atom. The van der Waals surface area contributed by atoms with Crippen LogP contribution in [0.3, 0.4) is 0 Å². The molecule has 2 heterocycles. The van der Waals surface area contributed by atoms with E-state index in [0.717, 1.165) is 31.7 Å². The average molecular weight is 265 g/mol. The minimum Gasteiger partial charge on any atom is -0.480 e. The maximum Gasteiger partial charge on any atom is 0.229 e. The van der Waals surface area contributed by atoms with Crippen LogP contribution in [0.4, 0.5) is 11.8 Å². The zero-order valence-corrected chi connectivity index (χ0v) is 11.3. The fraction of sp³-hybridized carbons (Fsp3) is 0.583. The summed E-state index contributed by atoms with van der Waals surface area (Å²) < 4.78 is 5.25. The number of nitrogens with zero attached hydrogens (tertiary/aromatic N) is 4. The second-order valence-corrected chi connectivity index (χ2v) is 4.17. The molecule has 1 aliphatic rings. The molecule has 1 saturated heterocycles. The number of hydrogen-bond acceptors (Lipinski definition) is 7. The molecule has 0 unspecified atom stereocenters. The number of aromatic nitrogens is 2. The SMILES string of the molecule is CCO/N=C/c1c(OC)nc(N)nc1N1CCCC1. The van der Waals surface area contributed by atoms with E-state index in [1.54, 1.807) is 13.3 Å². The number of ether oxygens (including phenoxy) is 1. The van der Waals surface area contributed by atoms with Gasteiger partial charge in [-0.2, -0.15) is 9.97 Å². The molecule has 0 aliphatic carbocycles. The van der Waals surface area contributed by atoms with Crippen LogP contribution in [0.15, 0.2) is 5.16 Å². The number of methoxy groups -OCH3 is 1. The fourth-order valence-electron chi connectivity index (χ4n) is 2.06.